The normalized spacial score (nSPS) is 23.7. The second-order valence-corrected chi connectivity index (χ2v) is 7.44. The molecule has 0 aromatic rings. The molecule has 0 radical (unpaired) electrons. The molecule has 2 aliphatic heterocycles. The fourth-order valence-electron chi connectivity index (χ4n) is 3.63. The molecule has 2 fully saturated rings. The van der Waals surface area contributed by atoms with E-state index in [1.165, 1.54) is 0 Å². The van der Waals surface area contributed by atoms with Crippen molar-refractivity contribution in [2.45, 2.75) is 51.9 Å². The van der Waals surface area contributed by atoms with Crippen molar-refractivity contribution in [3.8, 4) is 0 Å². The minimum atomic E-state index is -0.0322. The first-order valence-electron chi connectivity index (χ1n) is 10.2. The Morgan fingerprint density at radius 2 is 2.19 bits per heavy atom. The first kappa shape index (κ1) is 24.4. The van der Waals surface area contributed by atoms with Crippen molar-refractivity contribution in [2.24, 2.45) is 10.4 Å². The van der Waals surface area contributed by atoms with Gasteiger partial charge in [-0.1, -0.05) is 6.42 Å². The molecule has 0 spiro atoms. The molecule has 2 aliphatic rings. The van der Waals surface area contributed by atoms with Crippen molar-refractivity contribution in [1.29, 1.82) is 0 Å². The average Bonchev–Trinajstić information content (AvgIpc) is 3.00. The molecule has 1 amide bonds. The highest BCUT2D eigenvalue weighted by Gasteiger charge is 2.34. The highest BCUT2D eigenvalue weighted by Crippen LogP contribution is 2.32. The number of amides is 1. The van der Waals surface area contributed by atoms with E-state index in [-0.39, 0.29) is 36.0 Å². The van der Waals surface area contributed by atoms with Gasteiger partial charge in [0, 0.05) is 51.2 Å². The zero-order chi connectivity index (χ0) is 18.7. The maximum atomic E-state index is 12.0. The predicted octanol–water partition coefficient (Wildman–Crippen LogP) is 1.74. The number of guanidine groups is 1. The number of likely N-dealkylation sites (tertiary alicyclic amines) is 1. The molecular formula is C19H37IN4O3. The molecular weight excluding hydrogens is 459 g/mol. The smallest absolute Gasteiger partial charge is 0.222 e. The number of hydrogen-bond donors (Lipinski definition) is 3. The Morgan fingerprint density at radius 1 is 1.33 bits per heavy atom. The van der Waals surface area contributed by atoms with Crippen LogP contribution < -0.4 is 10.6 Å². The standard InChI is InChI=1S/C19H36N4O3.HI/c1-2-20-18(22-15-19(8-13-24)9-14-26-16-19)21-10-6-12-23-11-5-3-4-7-17(23)25;/h24H,2-16H2,1H3,(H2,20,21,22);1H. The summed E-state index contributed by atoms with van der Waals surface area (Å²) in [5, 5.41) is 16.0. The summed E-state index contributed by atoms with van der Waals surface area (Å²) in [6, 6.07) is 0. The SMILES string of the molecule is CCNC(=NCC1(CCO)CCOC1)NCCCN1CCCCCC1=O.I. The highest BCUT2D eigenvalue weighted by atomic mass is 127. The van der Waals surface area contributed by atoms with Crippen LogP contribution in [-0.4, -0.2) is 74.4 Å². The molecule has 1 unspecified atom stereocenters. The number of aliphatic imine (C=N–C) groups is 1. The van der Waals surface area contributed by atoms with Crippen LogP contribution in [0.3, 0.4) is 0 Å². The Balaban J connectivity index is 0.00000364. The molecule has 0 saturated carbocycles. The van der Waals surface area contributed by atoms with Gasteiger partial charge in [0.15, 0.2) is 5.96 Å². The number of halogens is 1. The summed E-state index contributed by atoms with van der Waals surface area (Å²) in [7, 11) is 0. The number of nitrogens with zero attached hydrogens (tertiary/aromatic N) is 2. The number of nitrogens with one attached hydrogen (secondary N) is 2. The number of rotatable bonds is 9. The molecule has 0 aromatic carbocycles. The van der Waals surface area contributed by atoms with Gasteiger partial charge in [-0.15, -0.1) is 24.0 Å². The van der Waals surface area contributed by atoms with Crippen molar-refractivity contribution in [3.63, 3.8) is 0 Å². The van der Waals surface area contributed by atoms with Crippen LogP contribution >= 0.6 is 24.0 Å². The van der Waals surface area contributed by atoms with Crippen LogP contribution in [0.4, 0.5) is 0 Å². The van der Waals surface area contributed by atoms with Crippen LogP contribution in [0.1, 0.15) is 51.9 Å². The zero-order valence-electron chi connectivity index (χ0n) is 16.7. The lowest BCUT2D eigenvalue weighted by atomic mass is 9.84. The molecule has 3 N–H and O–H groups in total. The summed E-state index contributed by atoms with van der Waals surface area (Å²) in [6.07, 6.45) is 6.62. The highest BCUT2D eigenvalue weighted by molar-refractivity contribution is 14.0. The minimum Gasteiger partial charge on any atom is -0.396 e. The molecule has 2 saturated heterocycles. The largest absolute Gasteiger partial charge is 0.396 e. The summed E-state index contributed by atoms with van der Waals surface area (Å²) in [5.41, 5.74) is -0.0322. The van der Waals surface area contributed by atoms with Crippen LogP contribution in [0.2, 0.25) is 0 Å². The van der Waals surface area contributed by atoms with Crippen molar-refractivity contribution >= 4 is 35.8 Å². The fourth-order valence-corrected chi connectivity index (χ4v) is 3.63. The quantitative estimate of drug-likeness (QED) is 0.196. The summed E-state index contributed by atoms with van der Waals surface area (Å²) >= 11 is 0. The molecule has 7 nitrogen and oxygen atoms in total. The van der Waals surface area contributed by atoms with E-state index in [1.807, 2.05) is 4.90 Å². The Labute approximate surface area is 180 Å². The predicted molar refractivity (Wildman–Crippen MR) is 119 cm³/mol. The summed E-state index contributed by atoms with van der Waals surface area (Å²) in [6.45, 7) is 7.62. The third-order valence-electron chi connectivity index (χ3n) is 5.31. The molecule has 158 valence electrons. The molecule has 2 rings (SSSR count). The summed E-state index contributed by atoms with van der Waals surface area (Å²) < 4.78 is 5.53. The Morgan fingerprint density at radius 3 is 2.89 bits per heavy atom. The zero-order valence-corrected chi connectivity index (χ0v) is 19.0. The molecule has 0 aromatic heterocycles. The number of hydrogen-bond acceptors (Lipinski definition) is 4. The van der Waals surface area contributed by atoms with Gasteiger partial charge < -0.3 is 25.4 Å². The molecule has 27 heavy (non-hydrogen) atoms. The monoisotopic (exact) mass is 496 g/mol. The third-order valence-corrected chi connectivity index (χ3v) is 5.31. The van der Waals surface area contributed by atoms with Crippen LogP contribution in [0.5, 0.6) is 0 Å². The molecule has 0 bridgehead atoms. The summed E-state index contributed by atoms with van der Waals surface area (Å²) in [5.74, 6) is 1.11. The molecule has 0 aliphatic carbocycles. The molecule has 8 heteroatoms. The van der Waals surface area contributed by atoms with E-state index in [0.29, 0.717) is 25.5 Å². The van der Waals surface area contributed by atoms with Crippen molar-refractivity contribution in [3.05, 3.63) is 0 Å². The maximum absolute atomic E-state index is 12.0. The Hall–Kier alpha value is -0.610. The Kier molecular flexibility index (Phi) is 12.3. The van der Waals surface area contributed by atoms with Gasteiger partial charge in [0.1, 0.15) is 0 Å². The van der Waals surface area contributed by atoms with Crippen LogP contribution in [0, 0.1) is 5.41 Å². The van der Waals surface area contributed by atoms with Crippen LogP contribution in [0.25, 0.3) is 0 Å². The van der Waals surface area contributed by atoms with Gasteiger partial charge in [0.2, 0.25) is 5.91 Å². The summed E-state index contributed by atoms with van der Waals surface area (Å²) in [4.78, 5) is 18.8. The van der Waals surface area contributed by atoms with Gasteiger partial charge >= 0.3 is 0 Å². The van der Waals surface area contributed by atoms with E-state index in [2.05, 4.69) is 17.6 Å². The van der Waals surface area contributed by atoms with E-state index in [9.17, 15) is 9.90 Å². The number of carbonyl (C=O) groups is 1. The van der Waals surface area contributed by atoms with Gasteiger partial charge in [-0.05, 0) is 39.0 Å². The fraction of sp³-hybridized carbons (Fsp3) is 0.895. The molecule has 2 heterocycles. The maximum Gasteiger partial charge on any atom is 0.222 e. The van der Waals surface area contributed by atoms with Gasteiger partial charge in [0.25, 0.3) is 0 Å². The number of aliphatic hydroxyl groups is 1. The van der Waals surface area contributed by atoms with Crippen molar-refractivity contribution < 1.29 is 14.6 Å². The van der Waals surface area contributed by atoms with Gasteiger partial charge in [-0.2, -0.15) is 0 Å². The van der Waals surface area contributed by atoms with Crippen molar-refractivity contribution in [1.82, 2.24) is 15.5 Å². The van der Waals surface area contributed by atoms with Crippen LogP contribution in [-0.2, 0) is 9.53 Å². The van der Waals surface area contributed by atoms with Crippen molar-refractivity contribution in [2.75, 3.05) is 52.5 Å². The third kappa shape index (κ3) is 8.51. The average molecular weight is 496 g/mol. The van der Waals surface area contributed by atoms with Crippen LogP contribution in [0.15, 0.2) is 4.99 Å². The number of aliphatic hydroxyl groups excluding tert-OH is 1. The lowest BCUT2D eigenvalue weighted by Gasteiger charge is -2.25. The lowest BCUT2D eigenvalue weighted by molar-refractivity contribution is -0.130. The van der Waals surface area contributed by atoms with Gasteiger partial charge in [-0.25, -0.2) is 0 Å². The first-order valence-corrected chi connectivity index (χ1v) is 10.2. The first-order chi connectivity index (χ1) is 12.7. The topological polar surface area (TPSA) is 86.2 Å². The van der Waals surface area contributed by atoms with E-state index in [4.69, 9.17) is 9.73 Å². The molecule has 1 atom stereocenters. The lowest BCUT2D eigenvalue weighted by Crippen LogP contribution is -2.40. The van der Waals surface area contributed by atoms with E-state index in [0.717, 1.165) is 77.3 Å². The second-order valence-electron chi connectivity index (χ2n) is 7.44. The number of carbonyl (C=O) groups excluding carboxylic acids is 1. The second kappa shape index (κ2) is 13.5. The van der Waals surface area contributed by atoms with Gasteiger partial charge in [0.05, 0.1) is 13.2 Å². The van der Waals surface area contributed by atoms with E-state index in [1.54, 1.807) is 0 Å². The minimum absolute atomic E-state index is 0. The van der Waals surface area contributed by atoms with E-state index >= 15 is 0 Å². The Bertz CT molecular complexity index is 456. The van der Waals surface area contributed by atoms with E-state index < -0.39 is 0 Å². The van der Waals surface area contributed by atoms with Gasteiger partial charge in [-0.3, -0.25) is 9.79 Å². The number of ether oxygens (including phenoxy) is 1.